The molecule has 1 aromatic carbocycles. The smallest absolute Gasteiger partial charge is 0.180 e. The van der Waals surface area contributed by atoms with E-state index in [0.717, 1.165) is 16.9 Å². The van der Waals surface area contributed by atoms with Crippen molar-refractivity contribution < 1.29 is 0 Å². The SMILES string of the molecule is Nc1nc(-c2ccccc2-n2cccn2)cs1. The maximum Gasteiger partial charge on any atom is 0.180 e. The van der Waals surface area contributed by atoms with Gasteiger partial charge in [0.1, 0.15) is 0 Å². The lowest BCUT2D eigenvalue weighted by atomic mass is 10.1. The first-order valence-corrected chi connectivity index (χ1v) is 6.03. The van der Waals surface area contributed by atoms with Crippen molar-refractivity contribution in [2.45, 2.75) is 0 Å². The van der Waals surface area contributed by atoms with Crippen molar-refractivity contribution in [3.8, 4) is 16.9 Å². The van der Waals surface area contributed by atoms with Crippen LogP contribution >= 0.6 is 11.3 Å². The van der Waals surface area contributed by atoms with Gasteiger partial charge in [0.05, 0.1) is 11.4 Å². The molecular weight excluding hydrogens is 232 g/mol. The predicted octanol–water partition coefficient (Wildman–Crippen LogP) is 2.58. The van der Waals surface area contributed by atoms with Crippen LogP contribution in [0.4, 0.5) is 5.13 Å². The largest absolute Gasteiger partial charge is 0.375 e. The summed E-state index contributed by atoms with van der Waals surface area (Å²) in [7, 11) is 0. The van der Waals surface area contributed by atoms with Crippen molar-refractivity contribution in [2.24, 2.45) is 0 Å². The highest BCUT2D eigenvalue weighted by molar-refractivity contribution is 7.13. The standard InChI is InChI=1S/C12H10N4S/c13-12-15-10(8-17-12)9-4-1-2-5-11(9)16-7-3-6-14-16/h1-8H,(H2,13,15). The van der Waals surface area contributed by atoms with E-state index in [1.165, 1.54) is 11.3 Å². The van der Waals surface area contributed by atoms with Crippen molar-refractivity contribution in [3.63, 3.8) is 0 Å². The lowest BCUT2D eigenvalue weighted by molar-refractivity contribution is 0.882. The number of nitrogen functional groups attached to an aromatic ring is 1. The van der Waals surface area contributed by atoms with Crippen LogP contribution in [0.3, 0.4) is 0 Å². The minimum absolute atomic E-state index is 0.579. The fraction of sp³-hybridized carbons (Fsp3) is 0. The Bertz CT molecular complexity index is 628. The number of para-hydroxylation sites is 1. The third-order valence-electron chi connectivity index (χ3n) is 2.45. The number of nitrogens with zero attached hydrogens (tertiary/aromatic N) is 3. The summed E-state index contributed by atoms with van der Waals surface area (Å²) in [6, 6.07) is 9.89. The topological polar surface area (TPSA) is 56.7 Å². The normalized spacial score (nSPS) is 10.6. The number of thiazole rings is 1. The molecule has 17 heavy (non-hydrogen) atoms. The van der Waals surface area contributed by atoms with Gasteiger partial charge in [-0.15, -0.1) is 11.3 Å². The lowest BCUT2D eigenvalue weighted by Crippen LogP contribution is -1.97. The Kier molecular flexibility index (Phi) is 2.38. The number of aromatic nitrogens is 3. The van der Waals surface area contributed by atoms with Gasteiger partial charge in [0.15, 0.2) is 5.13 Å². The average molecular weight is 242 g/mol. The van der Waals surface area contributed by atoms with E-state index in [4.69, 9.17) is 5.73 Å². The molecule has 3 rings (SSSR count). The molecule has 0 saturated heterocycles. The summed E-state index contributed by atoms with van der Waals surface area (Å²) in [6.07, 6.45) is 3.67. The molecule has 0 amide bonds. The predicted molar refractivity (Wildman–Crippen MR) is 69.1 cm³/mol. The van der Waals surface area contributed by atoms with Crippen molar-refractivity contribution in [1.82, 2.24) is 14.8 Å². The summed E-state index contributed by atoms with van der Waals surface area (Å²) < 4.78 is 1.82. The quantitative estimate of drug-likeness (QED) is 0.751. The lowest BCUT2D eigenvalue weighted by Gasteiger charge is -2.06. The first kappa shape index (κ1) is 10.0. The van der Waals surface area contributed by atoms with Gasteiger partial charge in [0.25, 0.3) is 0 Å². The van der Waals surface area contributed by atoms with Gasteiger partial charge in [-0.1, -0.05) is 18.2 Å². The van der Waals surface area contributed by atoms with E-state index in [-0.39, 0.29) is 0 Å². The van der Waals surface area contributed by atoms with Crippen LogP contribution in [0.2, 0.25) is 0 Å². The molecule has 4 nitrogen and oxygen atoms in total. The minimum Gasteiger partial charge on any atom is -0.375 e. The van der Waals surface area contributed by atoms with Crippen LogP contribution < -0.4 is 5.73 Å². The maximum absolute atomic E-state index is 5.67. The minimum atomic E-state index is 0.579. The first-order chi connectivity index (χ1) is 8.34. The number of anilines is 1. The van der Waals surface area contributed by atoms with Crippen LogP contribution in [0.5, 0.6) is 0 Å². The molecule has 2 N–H and O–H groups in total. The van der Waals surface area contributed by atoms with E-state index < -0.39 is 0 Å². The second-order valence-electron chi connectivity index (χ2n) is 3.54. The fourth-order valence-corrected chi connectivity index (χ4v) is 2.28. The van der Waals surface area contributed by atoms with Crippen LogP contribution in [0.1, 0.15) is 0 Å². The summed E-state index contributed by atoms with van der Waals surface area (Å²) in [4.78, 5) is 4.31. The van der Waals surface area contributed by atoms with Crippen molar-refractivity contribution in [2.75, 3.05) is 5.73 Å². The number of hydrogen-bond acceptors (Lipinski definition) is 4. The van der Waals surface area contributed by atoms with E-state index in [1.54, 1.807) is 6.20 Å². The molecule has 0 aliphatic rings. The van der Waals surface area contributed by atoms with Crippen molar-refractivity contribution in [3.05, 3.63) is 48.1 Å². The van der Waals surface area contributed by atoms with Crippen LogP contribution in [-0.4, -0.2) is 14.8 Å². The average Bonchev–Trinajstić information content (AvgIpc) is 3.00. The molecule has 0 atom stereocenters. The molecule has 0 radical (unpaired) electrons. The van der Waals surface area contributed by atoms with Crippen LogP contribution in [0.25, 0.3) is 16.9 Å². The monoisotopic (exact) mass is 242 g/mol. The molecule has 5 heteroatoms. The molecule has 0 unspecified atom stereocenters. The van der Waals surface area contributed by atoms with Gasteiger partial charge in [-0.05, 0) is 12.1 Å². The second kappa shape index (κ2) is 4.03. The molecule has 3 aromatic rings. The summed E-state index contributed by atoms with van der Waals surface area (Å²) in [5.74, 6) is 0. The number of benzene rings is 1. The van der Waals surface area contributed by atoms with Gasteiger partial charge < -0.3 is 5.73 Å². The van der Waals surface area contributed by atoms with Gasteiger partial charge in [0.2, 0.25) is 0 Å². The highest BCUT2D eigenvalue weighted by Gasteiger charge is 2.09. The van der Waals surface area contributed by atoms with Gasteiger partial charge >= 0.3 is 0 Å². The summed E-state index contributed by atoms with van der Waals surface area (Å²) in [5, 5.41) is 6.78. The molecule has 84 valence electrons. The molecular formula is C12H10N4S. The molecule has 0 aliphatic carbocycles. The molecule has 0 spiro atoms. The highest BCUT2D eigenvalue weighted by Crippen LogP contribution is 2.28. The molecule has 2 aromatic heterocycles. The van der Waals surface area contributed by atoms with Crippen LogP contribution in [-0.2, 0) is 0 Å². The molecule has 2 heterocycles. The van der Waals surface area contributed by atoms with E-state index in [1.807, 2.05) is 46.6 Å². The Balaban J connectivity index is 2.17. The number of rotatable bonds is 2. The van der Waals surface area contributed by atoms with E-state index in [9.17, 15) is 0 Å². The van der Waals surface area contributed by atoms with Gasteiger partial charge in [-0.3, -0.25) is 0 Å². The van der Waals surface area contributed by atoms with E-state index in [0.29, 0.717) is 5.13 Å². The van der Waals surface area contributed by atoms with Gasteiger partial charge in [-0.2, -0.15) is 5.10 Å². The highest BCUT2D eigenvalue weighted by atomic mass is 32.1. The molecule has 0 aliphatic heterocycles. The summed E-state index contributed by atoms with van der Waals surface area (Å²) in [5.41, 5.74) is 8.59. The Morgan fingerprint density at radius 3 is 2.76 bits per heavy atom. The van der Waals surface area contributed by atoms with Crippen molar-refractivity contribution in [1.29, 1.82) is 0 Å². The summed E-state index contributed by atoms with van der Waals surface area (Å²) in [6.45, 7) is 0. The third-order valence-corrected chi connectivity index (χ3v) is 3.13. The number of hydrogen-bond donors (Lipinski definition) is 1. The van der Waals surface area contributed by atoms with Crippen LogP contribution in [0.15, 0.2) is 48.1 Å². The zero-order valence-electron chi connectivity index (χ0n) is 8.95. The van der Waals surface area contributed by atoms with Gasteiger partial charge in [-0.25, -0.2) is 9.67 Å². The Hall–Kier alpha value is -2.14. The molecule has 0 bridgehead atoms. The Labute approximate surface area is 102 Å². The number of nitrogens with two attached hydrogens (primary N) is 1. The molecule has 0 saturated carbocycles. The van der Waals surface area contributed by atoms with Crippen molar-refractivity contribution >= 4 is 16.5 Å². The zero-order chi connectivity index (χ0) is 11.7. The fourth-order valence-electron chi connectivity index (χ4n) is 1.71. The molecule has 0 fully saturated rings. The second-order valence-corrected chi connectivity index (χ2v) is 4.43. The van der Waals surface area contributed by atoms with E-state index in [2.05, 4.69) is 10.1 Å². The third kappa shape index (κ3) is 1.81. The van der Waals surface area contributed by atoms with Gasteiger partial charge in [0, 0.05) is 23.3 Å². The Morgan fingerprint density at radius 1 is 1.18 bits per heavy atom. The Morgan fingerprint density at radius 2 is 2.06 bits per heavy atom. The zero-order valence-corrected chi connectivity index (χ0v) is 9.76. The summed E-state index contributed by atoms with van der Waals surface area (Å²) >= 11 is 1.44. The van der Waals surface area contributed by atoms with Crippen LogP contribution in [0, 0.1) is 0 Å². The van der Waals surface area contributed by atoms with E-state index >= 15 is 0 Å². The first-order valence-electron chi connectivity index (χ1n) is 5.15. The maximum atomic E-state index is 5.67.